The van der Waals surface area contributed by atoms with E-state index in [-0.39, 0.29) is 11.9 Å². The van der Waals surface area contributed by atoms with E-state index in [2.05, 4.69) is 0 Å². The molecule has 0 aromatic heterocycles. The molecule has 0 saturated carbocycles. The van der Waals surface area contributed by atoms with Gasteiger partial charge in [0, 0.05) is 19.3 Å². The zero-order valence-corrected chi connectivity index (χ0v) is 15.5. The van der Waals surface area contributed by atoms with E-state index in [1.54, 1.807) is 26.2 Å². The molecular weight excluding hydrogens is 316 g/mol. The summed E-state index contributed by atoms with van der Waals surface area (Å²) in [7, 11) is 6.98. The van der Waals surface area contributed by atoms with Crippen molar-refractivity contribution in [3.8, 4) is 11.5 Å². The number of nitrogens with zero attached hydrogens (tertiary/aromatic N) is 2. The zero-order chi connectivity index (χ0) is 18.4. The second-order valence-corrected chi connectivity index (χ2v) is 6.01. The number of para-hydroxylation sites is 1. The van der Waals surface area contributed by atoms with E-state index in [0.717, 1.165) is 11.3 Å². The van der Waals surface area contributed by atoms with Crippen molar-refractivity contribution in [1.82, 2.24) is 4.90 Å². The van der Waals surface area contributed by atoms with Crippen molar-refractivity contribution in [3.63, 3.8) is 0 Å². The van der Waals surface area contributed by atoms with Gasteiger partial charge in [0.15, 0.2) is 11.5 Å². The average Bonchev–Trinajstić information content (AvgIpc) is 2.66. The van der Waals surface area contributed by atoms with Gasteiger partial charge in [0.05, 0.1) is 20.3 Å². The minimum absolute atomic E-state index is 0.0502. The highest BCUT2D eigenvalue weighted by atomic mass is 16.5. The lowest BCUT2D eigenvalue weighted by atomic mass is 10.1. The van der Waals surface area contributed by atoms with Crippen LogP contribution in [-0.4, -0.2) is 45.2 Å². The van der Waals surface area contributed by atoms with E-state index in [1.807, 2.05) is 67.4 Å². The lowest BCUT2D eigenvalue weighted by Gasteiger charge is -2.28. The number of likely N-dealkylation sites (N-methyl/N-ethyl adjacent to an activating group) is 2. The van der Waals surface area contributed by atoms with Gasteiger partial charge < -0.3 is 14.4 Å². The molecule has 0 aliphatic heterocycles. The van der Waals surface area contributed by atoms with Gasteiger partial charge in [-0.2, -0.15) is 0 Å². The van der Waals surface area contributed by atoms with E-state index in [1.165, 1.54) is 0 Å². The van der Waals surface area contributed by atoms with Crippen molar-refractivity contribution in [2.75, 3.05) is 33.2 Å². The Hall–Kier alpha value is -2.53. The summed E-state index contributed by atoms with van der Waals surface area (Å²) in [5, 5.41) is 0. The predicted octanol–water partition coefficient (Wildman–Crippen LogP) is 3.19. The lowest BCUT2D eigenvalue weighted by molar-refractivity contribution is -0.122. The number of carbonyl (C=O) groups is 1. The quantitative estimate of drug-likeness (QED) is 0.775. The first-order valence-electron chi connectivity index (χ1n) is 8.21. The normalized spacial score (nSPS) is 11.9. The molecule has 0 saturated heterocycles. The van der Waals surface area contributed by atoms with Gasteiger partial charge in [0.25, 0.3) is 0 Å². The minimum atomic E-state index is -0.252. The van der Waals surface area contributed by atoms with Crippen LogP contribution >= 0.6 is 0 Å². The van der Waals surface area contributed by atoms with Crippen LogP contribution in [0.5, 0.6) is 11.5 Å². The van der Waals surface area contributed by atoms with Gasteiger partial charge in [0.2, 0.25) is 5.91 Å². The Bertz CT molecular complexity index is 703. The van der Waals surface area contributed by atoms with Gasteiger partial charge in [0.1, 0.15) is 0 Å². The van der Waals surface area contributed by atoms with Gasteiger partial charge in [-0.1, -0.05) is 24.3 Å². The van der Waals surface area contributed by atoms with Crippen LogP contribution in [0, 0.1) is 0 Å². The molecule has 5 heteroatoms. The summed E-state index contributed by atoms with van der Waals surface area (Å²) < 4.78 is 10.6. The number of benzene rings is 2. The second-order valence-electron chi connectivity index (χ2n) is 6.01. The topological polar surface area (TPSA) is 42.0 Å². The van der Waals surface area contributed by atoms with Crippen LogP contribution in [0.2, 0.25) is 0 Å². The monoisotopic (exact) mass is 342 g/mol. The summed E-state index contributed by atoms with van der Waals surface area (Å²) in [5.41, 5.74) is 1.95. The summed E-state index contributed by atoms with van der Waals surface area (Å²) >= 11 is 0. The Balaban J connectivity index is 2.07. The summed E-state index contributed by atoms with van der Waals surface area (Å²) in [6.45, 7) is 2.55. The number of amides is 1. The molecule has 0 N–H and O–H groups in total. The fourth-order valence-corrected chi connectivity index (χ4v) is 2.65. The maximum Gasteiger partial charge on any atom is 0.243 e. The highest BCUT2D eigenvalue weighted by molar-refractivity contribution is 5.96. The number of hydrogen-bond acceptors (Lipinski definition) is 4. The zero-order valence-electron chi connectivity index (χ0n) is 15.5. The fraction of sp³-hybridized carbons (Fsp3) is 0.350. The van der Waals surface area contributed by atoms with Crippen molar-refractivity contribution >= 4 is 11.6 Å². The SMILES string of the molecule is COc1ccc(CN(C)[C@H](C)C(=O)N(C)c2ccccc2)cc1OC. The van der Waals surface area contributed by atoms with Crippen LogP contribution in [0.15, 0.2) is 48.5 Å². The van der Waals surface area contributed by atoms with E-state index in [9.17, 15) is 4.79 Å². The molecule has 2 aromatic rings. The van der Waals surface area contributed by atoms with E-state index < -0.39 is 0 Å². The van der Waals surface area contributed by atoms with Crippen molar-refractivity contribution in [2.24, 2.45) is 0 Å². The first kappa shape index (κ1) is 18.8. The van der Waals surface area contributed by atoms with Crippen LogP contribution in [0.3, 0.4) is 0 Å². The third-order valence-electron chi connectivity index (χ3n) is 4.37. The van der Waals surface area contributed by atoms with Crippen molar-refractivity contribution in [2.45, 2.75) is 19.5 Å². The third-order valence-corrected chi connectivity index (χ3v) is 4.37. The molecular formula is C20H26N2O3. The molecule has 5 nitrogen and oxygen atoms in total. The number of hydrogen-bond donors (Lipinski definition) is 0. The van der Waals surface area contributed by atoms with E-state index >= 15 is 0 Å². The highest BCUT2D eigenvalue weighted by Crippen LogP contribution is 2.28. The summed E-state index contributed by atoms with van der Waals surface area (Å²) in [4.78, 5) is 16.4. The Morgan fingerprint density at radius 3 is 2.24 bits per heavy atom. The maximum absolute atomic E-state index is 12.7. The average molecular weight is 342 g/mol. The fourth-order valence-electron chi connectivity index (χ4n) is 2.65. The largest absolute Gasteiger partial charge is 0.493 e. The van der Waals surface area contributed by atoms with E-state index in [4.69, 9.17) is 9.47 Å². The molecule has 0 bridgehead atoms. The molecule has 1 amide bonds. The number of anilines is 1. The first-order chi connectivity index (χ1) is 12.0. The predicted molar refractivity (Wildman–Crippen MR) is 100 cm³/mol. The molecule has 2 rings (SSSR count). The second kappa shape index (κ2) is 8.53. The van der Waals surface area contributed by atoms with Crippen molar-refractivity contribution in [1.29, 1.82) is 0 Å². The van der Waals surface area contributed by atoms with Gasteiger partial charge in [-0.15, -0.1) is 0 Å². The van der Waals surface area contributed by atoms with E-state index in [0.29, 0.717) is 18.0 Å². The molecule has 1 atom stereocenters. The van der Waals surface area contributed by atoms with Gasteiger partial charge in [-0.05, 0) is 43.8 Å². The molecule has 0 unspecified atom stereocenters. The molecule has 0 aliphatic carbocycles. The minimum Gasteiger partial charge on any atom is -0.493 e. The smallest absolute Gasteiger partial charge is 0.243 e. The Morgan fingerprint density at radius 2 is 1.64 bits per heavy atom. The van der Waals surface area contributed by atoms with Crippen LogP contribution in [0.25, 0.3) is 0 Å². The molecule has 0 spiro atoms. The van der Waals surface area contributed by atoms with Gasteiger partial charge in [-0.3, -0.25) is 9.69 Å². The molecule has 0 aliphatic rings. The number of methoxy groups -OCH3 is 2. The summed E-state index contributed by atoms with van der Waals surface area (Å²) in [6.07, 6.45) is 0. The van der Waals surface area contributed by atoms with Gasteiger partial charge >= 0.3 is 0 Å². The first-order valence-corrected chi connectivity index (χ1v) is 8.21. The Kier molecular flexibility index (Phi) is 6.42. The van der Waals surface area contributed by atoms with Crippen molar-refractivity contribution in [3.05, 3.63) is 54.1 Å². The summed E-state index contributed by atoms with van der Waals surface area (Å²) in [5.74, 6) is 1.43. The van der Waals surface area contributed by atoms with Crippen LogP contribution in [0.1, 0.15) is 12.5 Å². The Labute approximate surface area is 149 Å². The lowest BCUT2D eigenvalue weighted by Crippen LogP contribution is -2.43. The molecule has 25 heavy (non-hydrogen) atoms. The third kappa shape index (κ3) is 4.51. The standard InChI is InChI=1S/C20H26N2O3/c1-15(20(23)22(3)17-9-7-6-8-10-17)21(2)14-16-11-12-18(24-4)19(13-16)25-5/h6-13,15H,14H2,1-5H3/t15-/m1/s1. The molecule has 134 valence electrons. The number of carbonyl (C=O) groups excluding carboxylic acids is 1. The maximum atomic E-state index is 12.7. The highest BCUT2D eigenvalue weighted by Gasteiger charge is 2.22. The van der Waals surface area contributed by atoms with Crippen LogP contribution in [0.4, 0.5) is 5.69 Å². The van der Waals surface area contributed by atoms with Crippen molar-refractivity contribution < 1.29 is 14.3 Å². The molecule has 0 heterocycles. The van der Waals surface area contributed by atoms with Crippen LogP contribution < -0.4 is 14.4 Å². The summed E-state index contributed by atoms with van der Waals surface area (Å²) in [6, 6.07) is 15.2. The molecule has 2 aromatic carbocycles. The van der Waals surface area contributed by atoms with Gasteiger partial charge in [-0.25, -0.2) is 0 Å². The molecule has 0 radical (unpaired) electrons. The van der Waals surface area contributed by atoms with Crippen LogP contribution in [-0.2, 0) is 11.3 Å². The Morgan fingerprint density at radius 1 is 1.00 bits per heavy atom. The number of ether oxygens (including phenoxy) is 2. The number of rotatable bonds is 7. The molecule has 0 fully saturated rings.